The molecule has 2 amide bonds. The van der Waals surface area contributed by atoms with E-state index in [2.05, 4.69) is 0 Å². The zero-order valence-electron chi connectivity index (χ0n) is 21.0. The summed E-state index contributed by atoms with van der Waals surface area (Å²) in [5, 5.41) is 11.3. The van der Waals surface area contributed by atoms with E-state index in [1.54, 1.807) is 0 Å². The second-order valence-corrected chi connectivity index (χ2v) is 10.2. The second-order valence-electron chi connectivity index (χ2n) is 8.91. The lowest BCUT2D eigenvalue weighted by Gasteiger charge is -2.42. The standard InChI is InChI=1S/C23H24F7N4O6P/c1-12(14-8-15(22(25,26)27)10-16(9-14)23(28,29)30)40-20-19(13-2-4-17(24)5-3-13)34(6-7-39-20)11-18(31)32-21(35)33-41(36,37)38/h2-5,8-10,12,19-20H,6-7,11H2,1H3,(H5,31,32,33,35,36,37,38)/t12-,19+,20-/m1/s1. The zero-order valence-corrected chi connectivity index (χ0v) is 21.9. The van der Waals surface area contributed by atoms with Crippen LogP contribution in [0.15, 0.2) is 42.5 Å². The average molecular weight is 616 g/mol. The summed E-state index contributed by atoms with van der Waals surface area (Å²) in [6.45, 7) is 0.821. The van der Waals surface area contributed by atoms with Gasteiger partial charge in [0.25, 0.3) is 0 Å². The van der Waals surface area contributed by atoms with Crippen molar-refractivity contribution in [2.45, 2.75) is 37.7 Å². The van der Waals surface area contributed by atoms with Crippen LogP contribution in [-0.4, -0.2) is 52.5 Å². The second kappa shape index (κ2) is 12.4. The first-order chi connectivity index (χ1) is 18.8. The maximum absolute atomic E-state index is 13.6. The summed E-state index contributed by atoms with van der Waals surface area (Å²) in [7, 11) is -4.96. The number of amidine groups is 1. The Hall–Kier alpha value is -3.08. The first kappa shape index (κ1) is 32.4. The number of ether oxygens (including phenoxy) is 2. The van der Waals surface area contributed by atoms with Gasteiger partial charge in [-0.15, -0.1) is 0 Å². The molecule has 41 heavy (non-hydrogen) atoms. The van der Waals surface area contributed by atoms with Gasteiger partial charge in [0.05, 0.1) is 36.4 Å². The molecule has 1 fully saturated rings. The Morgan fingerprint density at radius 2 is 1.68 bits per heavy atom. The molecular weight excluding hydrogens is 592 g/mol. The molecule has 1 heterocycles. The quantitative estimate of drug-likeness (QED) is 0.131. The Balaban J connectivity index is 1.90. The van der Waals surface area contributed by atoms with Crippen LogP contribution in [-0.2, 0) is 26.4 Å². The lowest BCUT2D eigenvalue weighted by molar-refractivity contribution is -0.227. The van der Waals surface area contributed by atoms with Crippen LogP contribution < -0.4 is 10.4 Å². The van der Waals surface area contributed by atoms with Gasteiger partial charge >= 0.3 is 26.1 Å². The molecule has 0 unspecified atom stereocenters. The third-order valence-electron chi connectivity index (χ3n) is 5.81. The number of nitrogens with zero attached hydrogens (tertiary/aromatic N) is 1. The number of urea groups is 1. The van der Waals surface area contributed by atoms with Gasteiger partial charge in [-0.3, -0.25) is 15.6 Å². The molecule has 0 aliphatic carbocycles. The number of alkyl halides is 6. The third-order valence-corrected chi connectivity index (χ3v) is 6.31. The van der Waals surface area contributed by atoms with Crippen LogP contribution in [0, 0.1) is 11.2 Å². The van der Waals surface area contributed by atoms with E-state index in [-0.39, 0.29) is 25.8 Å². The van der Waals surface area contributed by atoms with Crippen molar-refractivity contribution in [1.29, 1.82) is 5.41 Å². The van der Waals surface area contributed by atoms with E-state index in [4.69, 9.17) is 24.7 Å². The molecule has 10 nitrogen and oxygen atoms in total. The van der Waals surface area contributed by atoms with Crippen LogP contribution in [0.3, 0.4) is 0 Å². The van der Waals surface area contributed by atoms with Crippen LogP contribution in [0.4, 0.5) is 35.5 Å². The molecule has 0 aromatic heterocycles. The predicted molar refractivity (Wildman–Crippen MR) is 128 cm³/mol. The van der Waals surface area contributed by atoms with Gasteiger partial charge in [-0.2, -0.15) is 26.3 Å². The summed E-state index contributed by atoms with van der Waals surface area (Å²) in [4.78, 5) is 30.9. The minimum Gasteiger partial charge on any atom is -0.349 e. The Morgan fingerprint density at radius 1 is 1.12 bits per heavy atom. The number of hydrogen-bond donors (Lipinski definition) is 5. The summed E-state index contributed by atoms with van der Waals surface area (Å²) < 4.78 is 116. The fraction of sp³-hybridized carbons (Fsp3) is 0.391. The highest BCUT2D eigenvalue weighted by atomic mass is 31.2. The molecule has 2 aromatic carbocycles. The normalized spacial score (nSPS) is 19.5. The molecule has 1 aliphatic heterocycles. The van der Waals surface area contributed by atoms with E-state index in [9.17, 15) is 40.1 Å². The number of benzene rings is 2. The zero-order chi connectivity index (χ0) is 30.8. The molecule has 0 bridgehead atoms. The Kier molecular flexibility index (Phi) is 9.83. The van der Waals surface area contributed by atoms with Crippen LogP contribution in [0.5, 0.6) is 0 Å². The molecule has 2 aromatic rings. The van der Waals surface area contributed by atoms with Crippen molar-refractivity contribution in [3.63, 3.8) is 0 Å². The fourth-order valence-corrected chi connectivity index (χ4v) is 4.36. The van der Waals surface area contributed by atoms with E-state index < -0.39 is 72.9 Å². The van der Waals surface area contributed by atoms with Crippen molar-refractivity contribution in [2.75, 3.05) is 19.7 Å². The minimum atomic E-state index is -5.08. The smallest absolute Gasteiger partial charge is 0.349 e. The third kappa shape index (κ3) is 9.21. The number of hydrogen-bond acceptors (Lipinski definition) is 6. The molecule has 3 atom stereocenters. The van der Waals surface area contributed by atoms with Gasteiger partial charge in [0.15, 0.2) is 6.29 Å². The van der Waals surface area contributed by atoms with Crippen LogP contribution in [0.2, 0.25) is 0 Å². The number of carbonyl (C=O) groups excluding carboxylic acids is 1. The number of rotatable bonds is 7. The highest BCUT2D eigenvalue weighted by Gasteiger charge is 2.39. The monoisotopic (exact) mass is 616 g/mol. The van der Waals surface area contributed by atoms with Gasteiger partial charge in [-0.1, -0.05) is 12.1 Å². The number of carbonyl (C=O) groups is 1. The molecule has 18 heteroatoms. The predicted octanol–water partition coefficient (Wildman–Crippen LogP) is 4.71. The van der Waals surface area contributed by atoms with Crippen molar-refractivity contribution >= 4 is 19.6 Å². The topological polar surface area (TPSA) is 144 Å². The highest BCUT2D eigenvalue weighted by Crippen LogP contribution is 2.39. The maximum atomic E-state index is 13.6. The summed E-state index contributed by atoms with van der Waals surface area (Å²) in [6.07, 6.45) is -12.9. The number of morpholine rings is 1. The van der Waals surface area contributed by atoms with Crippen molar-refractivity contribution in [1.82, 2.24) is 15.3 Å². The summed E-state index contributed by atoms with van der Waals surface area (Å²) >= 11 is 0. The fourth-order valence-electron chi connectivity index (χ4n) is 4.04. The maximum Gasteiger partial charge on any atom is 0.431 e. The lowest BCUT2D eigenvalue weighted by atomic mass is 10.0. The van der Waals surface area contributed by atoms with E-state index in [1.807, 2.05) is 5.32 Å². The van der Waals surface area contributed by atoms with Crippen molar-refractivity contribution in [2.24, 2.45) is 0 Å². The van der Waals surface area contributed by atoms with Crippen LogP contribution in [0.1, 0.15) is 41.3 Å². The summed E-state index contributed by atoms with van der Waals surface area (Å²) in [6, 6.07) is 3.47. The Morgan fingerprint density at radius 3 is 2.20 bits per heavy atom. The molecule has 3 rings (SSSR count). The SMILES string of the molecule is C[C@@H](O[C@H]1OCCN(CC(=N)NC(=O)NP(=O)(O)O)[C@H]1c1ccc(F)cc1)c1cc(C(F)(F)F)cc(C(F)(F)F)c1. The van der Waals surface area contributed by atoms with Crippen molar-refractivity contribution in [3.8, 4) is 0 Å². The number of halogens is 7. The molecule has 5 N–H and O–H groups in total. The van der Waals surface area contributed by atoms with Gasteiger partial charge in [0, 0.05) is 6.54 Å². The van der Waals surface area contributed by atoms with E-state index >= 15 is 0 Å². The van der Waals surface area contributed by atoms with E-state index in [0.717, 1.165) is 12.1 Å². The molecular formula is C23H24F7N4O6P. The van der Waals surface area contributed by atoms with E-state index in [0.29, 0.717) is 17.7 Å². The molecule has 0 radical (unpaired) electrons. The molecule has 1 saturated heterocycles. The first-order valence-electron chi connectivity index (χ1n) is 11.6. The van der Waals surface area contributed by atoms with Crippen molar-refractivity contribution < 1.29 is 59.4 Å². The van der Waals surface area contributed by atoms with Crippen LogP contribution >= 0.6 is 7.75 Å². The Bertz CT molecular complexity index is 1270. The molecule has 0 saturated carbocycles. The summed E-state index contributed by atoms with van der Waals surface area (Å²) in [5.74, 6) is -1.15. The van der Waals surface area contributed by atoms with Crippen molar-refractivity contribution in [3.05, 3.63) is 70.5 Å². The Labute approximate surface area is 228 Å². The molecule has 226 valence electrons. The largest absolute Gasteiger partial charge is 0.431 e. The van der Waals surface area contributed by atoms with Gasteiger partial charge in [-0.05, 0) is 48.4 Å². The number of amides is 2. The number of nitrogens with one attached hydrogen (secondary N) is 3. The van der Waals surface area contributed by atoms with Gasteiger partial charge in [0.1, 0.15) is 11.7 Å². The van der Waals surface area contributed by atoms with Crippen LogP contribution in [0.25, 0.3) is 0 Å². The summed E-state index contributed by atoms with van der Waals surface area (Å²) in [5.41, 5.74) is -3.19. The van der Waals surface area contributed by atoms with Gasteiger partial charge < -0.3 is 19.3 Å². The van der Waals surface area contributed by atoms with Gasteiger partial charge in [0.2, 0.25) is 0 Å². The first-order valence-corrected chi connectivity index (χ1v) is 13.2. The highest BCUT2D eigenvalue weighted by molar-refractivity contribution is 7.50. The van der Waals surface area contributed by atoms with Gasteiger partial charge in [-0.25, -0.2) is 18.8 Å². The molecule has 1 aliphatic rings. The lowest BCUT2D eigenvalue weighted by Crippen LogP contribution is -2.51. The molecule has 0 spiro atoms. The average Bonchev–Trinajstić information content (AvgIpc) is 2.82. The minimum absolute atomic E-state index is 0.0163. The van der Waals surface area contributed by atoms with E-state index in [1.165, 1.54) is 29.0 Å².